The molecule has 0 bridgehead atoms. The fraction of sp³-hybridized carbons (Fsp3) is 0.0769. The molecule has 0 fully saturated rings. The van der Waals surface area contributed by atoms with Crippen LogP contribution >= 0.6 is 11.6 Å². The number of benzene rings is 1. The van der Waals surface area contributed by atoms with Crippen LogP contribution in [0.15, 0.2) is 41.1 Å². The molecule has 1 aromatic carbocycles. The van der Waals surface area contributed by atoms with Gasteiger partial charge < -0.3 is 9.84 Å². The van der Waals surface area contributed by atoms with Gasteiger partial charge in [0.2, 0.25) is 0 Å². The molecule has 0 radical (unpaired) electrons. The summed E-state index contributed by atoms with van der Waals surface area (Å²) in [6, 6.07) is 9.02. The average molecular weight is 303 g/mol. The van der Waals surface area contributed by atoms with Crippen molar-refractivity contribution >= 4 is 23.5 Å². The van der Waals surface area contributed by atoms with E-state index in [2.05, 4.69) is 26.0 Å². The molecule has 3 rings (SSSR count). The first-order valence-electron chi connectivity index (χ1n) is 6.13. The van der Waals surface area contributed by atoms with Gasteiger partial charge in [-0.25, -0.2) is 0 Å². The normalized spacial score (nSPS) is 11.1. The number of aryl methyl sites for hydroxylation is 1. The monoisotopic (exact) mass is 302 g/mol. The molecule has 0 unspecified atom stereocenters. The maximum absolute atomic E-state index is 5.87. The number of nitrogens with zero attached hydrogens (tertiary/aromatic N) is 5. The Hall–Kier alpha value is -2.67. The molecule has 1 N–H and O–H groups in total. The van der Waals surface area contributed by atoms with Crippen molar-refractivity contribution in [2.75, 3.05) is 5.32 Å². The van der Waals surface area contributed by atoms with Crippen LogP contribution in [0.4, 0.5) is 5.82 Å². The summed E-state index contributed by atoms with van der Waals surface area (Å²) in [4.78, 5) is 0. The number of aromatic nitrogens is 5. The smallest absolute Gasteiger partial charge is 0.181 e. The molecule has 7 nitrogen and oxygen atoms in total. The van der Waals surface area contributed by atoms with Crippen LogP contribution in [0.3, 0.4) is 0 Å². The first kappa shape index (κ1) is 13.3. The fourth-order valence-corrected chi connectivity index (χ4v) is 1.83. The van der Waals surface area contributed by atoms with E-state index in [1.165, 1.54) is 0 Å². The lowest BCUT2D eigenvalue weighted by molar-refractivity contribution is 0.400. The van der Waals surface area contributed by atoms with Crippen LogP contribution in [-0.4, -0.2) is 25.4 Å². The van der Waals surface area contributed by atoms with Crippen molar-refractivity contribution in [2.24, 2.45) is 0 Å². The van der Waals surface area contributed by atoms with Crippen molar-refractivity contribution in [3.63, 3.8) is 0 Å². The van der Waals surface area contributed by atoms with Gasteiger partial charge in [-0.05, 0) is 41.6 Å². The van der Waals surface area contributed by atoms with Crippen LogP contribution in [0.1, 0.15) is 11.6 Å². The van der Waals surface area contributed by atoms with E-state index < -0.39 is 0 Å². The zero-order valence-corrected chi connectivity index (χ0v) is 11.8. The number of halogens is 1. The number of tetrazole rings is 1. The minimum Gasteiger partial charge on any atom is -0.360 e. The molecule has 21 heavy (non-hydrogen) atoms. The second kappa shape index (κ2) is 5.76. The predicted molar refractivity (Wildman–Crippen MR) is 78.1 cm³/mol. The second-order valence-electron chi connectivity index (χ2n) is 4.23. The van der Waals surface area contributed by atoms with Crippen molar-refractivity contribution in [1.82, 2.24) is 25.4 Å². The van der Waals surface area contributed by atoms with E-state index in [-0.39, 0.29) is 0 Å². The third-order valence-electron chi connectivity index (χ3n) is 2.66. The van der Waals surface area contributed by atoms with E-state index in [0.717, 1.165) is 11.4 Å². The summed E-state index contributed by atoms with van der Waals surface area (Å²) in [5.74, 6) is 1.93. The number of rotatable bonds is 4. The highest BCUT2D eigenvalue weighted by molar-refractivity contribution is 6.30. The minimum atomic E-state index is 0.574. The maximum Gasteiger partial charge on any atom is 0.181 e. The molecule has 106 valence electrons. The molecule has 0 spiro atoms. The molecule has 0 aliphatic heterocycles. The van der Waals surface area contributed by atoms with Gasteiger partial charge in [-0.3, -0.25) is 0 Å². The van der Waals surface area contributed by atoms with E-state index in [9.17, 15) is 0 Å². The van der Waals surface area contributed by atoms with Gasteiger partial charge in [0.15, 0.2) is 11.6 Å². The van der Waals surface area contributed by atoms with Crippen LogP contribution in [0, 0.1) is 6.92 Å². The Morgan fingerprint density at radius 1 is 1.29 bits per heavy atom. The zero-order valence-electron chi connectivity index (χ0n) is 11.1. The topological polar surface area (TPSA) is 81.7 Å². The third-order valence-corrected chi connectivity index (χ3v) is 2.91. The Morgan fingerprint density at radius 2 is 2.10 bits per heavy atom. The SMILES string of the molecule is Cc1cc(N/C=C\c2nnnn2-c2ccc(Cl)cc2)no1. The zero-order chi connectivity index (χ0) is 14.7. The second-order valence-corrected chi connectivity index (χ2v) is 4.66. The number of hydrogen-bond acceptors (Lipinski definition) is 6. The van der Waals surface area contributed by atoms with E-state index in [1.54, 1.807) is 35.2 Å². The van der Waals surface area contributed by atoms with Gasteiger partial charge >= 0.3 is 0 Å². The van der Waals surface area contributed by atoms with Crippen molar-refractivity contribution in [2.45, 2.75) is 6.92 Å². The van der Waals surface area contributed by atoms with Gasteiger partial charge in [-0.15, -0.1) is 5.10 Å². The summed E-state index contributed by atoms with van der Waals surface area (Å²) >= 11 is 5.87. The highest BCUT2D eigenvalue weighted by Gasteiger charge is 2.05. The van der Waals surface area contributed by atoms with E-state index in [0.29, 0.717) is 16.7 Å². The number of hydrogen-bond donors (Lipinski definition) is 1. The van der Waals surface area contributed by atoms with Gasteiger partial charge in [0.05, 0.1) is 5.69 Å². The lowest BCUT2D eigenvalue weighted by atomic mass is 10.3. The molecule has 0 saturated carbocycles. The van der Waals surface area contributed by atoms with E-state index in [4.69, 9.17) is 16.1 Å². The lowest BCUT2D eigenvalue weighted by Gasteiger charge is -2.01. The highest BCUT2D eigenvalue weighted by atomic mass is 35.5. The number of nitrogens with one attached hydrogen (secondary N) is 1. The standard InChI is InChI=1S/C13H11ClN6O/c1-9-8-12(17-21-9)15-7-6-13-16-18-19-20(13)11-4-2-10(14)3-5-11/h2-8H,1H3,(H,15,17)/b7-6-. The first-order chi connectivity index (χ1) is 10.2. The van der Waals surface area contributed by atoms with Crippen molar-refractivity contribution in [3.8, 4) is 5.69 Å². The summed E-state index contributed by atoms with van der Waals surface area (Å²) < 4.78 is 6.55. The lowest BCUT2D eigenvalue weighted by Crippen LogP contribution is -1.99. The molecular weight excluding hydrogens is 292 g/mol. The van der Waals surface area contributed by atoms with Crippen molar-refractivity contribution in [1.29, 1.82) is 0 Å². The predicted octanol–water partition coefficient (Wildman–Crippen LogP) is 2.69. The molecular formula is C13H11ClN6O. The fourth-order valence-electron chi connectivity index (χ4n) is 1.70. The Bertz CT molecular complexity index is 761. The van der Waals surface area contributed by atoms with Crippen LogP contribution in [0.25, 0.3) is 11.8 Å². The van der Waals surface area contributed by atoms with Crippen LogP contribution < -0.4 is 5.32 Å². The van der Waals surface area contributed by atoms with Crippen molar-refractivity contribution in [3.05, 3.63) is 53.1 Å². The van der Waals surface area contributed by atoms with Crippen LogP contribution in [-0.2, 0) is 0 Å². The maximum atomic E-state index is 5.87. The summed E-state index contributed by atoms with van der Waals surface area (Å²) in [5, 5.41) is 19.0. The molecule has 2 heterocycles. The Labute approximate surface area is 125 Å². The molecule has 8 heteroatoms. The van der Waals surface area contributed by atoms with E-state index >= 15 is 0 Å². The van der Waals surface area contributed by atoms with Crippen LogP contribution in [0.5, 0.6) is 0 Å². The summed E-state index contributed by atoms with van der Waals surface area (Å²) in [6.07, 6.45) is 3.42. The number of anilines is 1. The third kappa shape index (κ3) is 3.09. The van der Waals surface area contributed by atoms with Crippen LogP contribution in [0.2, 0.25) is 5.02 Å². The Morgan fingerprint density at radius 3 is 2.81 bits per heavy atom. The average Bonchev–Trinajstić information content (AvgIpc) is 3.09. The van der Waals surface area contributed by atoms with Gasteiger partial charge in [0, 0.05) is 23.4 Å². The summed E-state index contributed by atoms with van der Waals surface area (Å²) in [7, 11) is 0. The molecule has 0 aliphatic carbocycles. The largest absolute Gasteiger partial charge is 0.360 e. The summed E-state index contributed by atoms with van der Waals surface area (Å²) in [6.45, 7) is 1.82. The Balaban J connectivity index is 1.77. The van der Waals surface area contributed by atoms with E-state index in [1.807, 2.05) is 19.1 Å². The van der Waals surface area contributed by atoms with Gasteiger partial charge in [0.1, 0.15) is 5.76 Å². The van der Waals surface area contributed by atoms with Gasteiger partial charge in [-0.2, -0.15) is 4.68 Å². The highest BCUT2D eigenvalue weighted by Crippen LogP contribution is 2.14. The van der Waals surface area contributed by atoms with Gasteiger partial charge in [-0.1, -0.05) is 16.8 Å². The molecule has 0 saturated heterocycles. The quantitative estimate of drug-likeness (QED) is 0.798. The molecule has 0 aliphatic rings. The van der Waals surface area contributed by atoms with Gasteiger partial charge in [0.25, 0.3) is 0 Å². The molecule has 3 aromatic rings. The molecule has 0 amide bonds. The Kier molecular flexibility index (Phi) is 3.65. The van der Waals surface area contributed by atoms with Crippen molar-refractivity contribution < 1.29 is 4.52 Å². The first-order valence-corrected chi connectivity index (χ1v) is 6.51. The molecule has 0 atom stereocenters. The molecule has 2 aromatic heterocycles. The summed E-state index contributed by atoms with van der Waals surface area (Å²) in [5.41, 5.74) is 0.821. The minimum absolute atomic E-state index is 0.574.